The van der Waals surface area contributed by atoms with E-state index in [0.29, 0.717) is 5.57 Å². The predicted octanol–water partition coefficient (Wildman–Crippen LogP) is 11.1. The minimum absolute atomic E-state index is 0.0595. The Hall–Kier alpha value is -5.43. The number of anilines is 1. The Morgan fingerprint density at radius 1 is 0.700 bits per heavy atom. The van der Waals surface area contributed by atoms with Gasteiger partial charge in [0, 0.05) is 44.9 Å². The number of fused-ring (bicyclic) bond motifs is 3. The van der Waals surface area contributed by atoms with Gasteiger partial charge in [-0.1, -0.05) is 119 Å². The molecule has 8 heteroatoms. The number of unbranched alkanes of at least 4 members (excludes halogenated alkanes) is 6. The molecule has 5 aromatic rings. The summed E-state index contributed by atoms with van der Waals surface area (Å²) in [5.41, 5.74) is 5.01. The topological polar surface area (TPSA) is 83.8 Å². The van der Waals surface area contributed by atoms with E-state index in [0.717, 1.165) is 17.7 Å². The normalized spacial score (nSPS) is 14.7. The molecule has 0 saturated heterocycles. The Bertz CT molecular complexity index is 2490. The van der Waals surface area contributed by atoms with Crippen LogP contribution in [-0.2, 0) is 17.6 Å². The van der Waals surface area contributed by atoms with Crippen molar-refractivity contribution in [2.24, 2.45) is 0 Å². The highest BCUT2D eigenvalue weighted by atomic mass is 32.1. The lowest BCUT2D eigenvalue weighted by Gasteiger charge is -2.30. The van der Waals surface area contributed by atoms with Crippen molar-refractivity contribution < 1.29 is 4.74 Å². The van der Waals surface area contributed by atoms with E-state index in [1.807, 2.05) is 43.4 Å². The second kappa shape index (κ2) is 18.5. The van der Waals surface area contributed by atoms with Gasteiger partial charge in [0.05, 0.1) is 0 Å². The van der Waals surface area contributed by atoms with E-state index < -0.39 is 13.7 Å². The molecule has 0 amide bonds. The molecule has 5 nitrogen and oxygen atoms in total. The third-order valence-electron chi connectivity index (χ3n) is 12.1. The van der Waals surface area contributed by atoms with Gasteiger partial charge in [-0.3, -0.25) is 0 Å². The van der Waals surface area contributed by atoms with Crippen LogP contribution in [0, 0.1) is 34.0 Å². The van der Waals surface area contributed by atoms with Gasteiger partial charge in [-0.2, -0.15) is 15.8 Å². The minimum atomic E-state index is -2.81. The Kier molecular flexibility index (Phi) is 13.1. The summed E-state index contributed by atoms with van der Waals surface area (Å²) in [7, 11) is 1.34. The van der Waals surface area contributed by atoms with Crippen LogP contribution in [0.5, 0.6) is 0 Å². The molecule has 7 rings (SSSR count). The van der Waals surface area contributed by atoms with Crippen molar-refractivity contribution in [1.82, 2.24) is 0 Å². The summed E-state index contributed by atoms with van der Waals surface area (Å²) < 4.78 is 6.11. The lowest BCUT2D eigenvalue weighted by Crippen LogP contribution is -2.72. The Balaban J connectivity index is 1.41. The first-order chi connectivity index (χ1) is 29.1. The lowest BCUT2D eigenvalue weighted by molar-refractivity contribution is 0.0954. The lowest BCUT2D eigenvalue weighted by atomic mass is 9.94. The van der Waals surface area contributed by atoms with Crippen molar-refractivity contribution in [2.45, 2.75) is 97.5 Å². The number of thiophene rings is 2. The monoisotopic (exact) mass is 842 g/mol. The fraction of sp³-hybridized carbons (Fsp3) is 0.327. The highest BCUT2D eigenvalue weighted by Gasteiger charge is 2.51. The second-order valence-electron chi connectivity index (χ2n) is 16.7. The number of allylic oxidation sites excluding steroid dienone is 2. The molecule has 0 N–H and O–H groups in total. The van der Waals surface area contributed by atoms with Crippen LogP contribution in [0.4, 0.5) is 5.69 Å². The molecular weight excluding hydrogens is 789 g/mol. The van der Waals surface area contributed by atoms with E-state index in [1.165, 1.54) is 109 Å². The summed E-state index contributed by atoms with van der Waals surface area (Å²) in [5, 5.41) is 35.2. The van der Waals surface area contributed by atoms with Crippen LogP contribution < -0.4 is 25.6 Å². The summed E-state index contributed by atoms with van der Waals surface area (Å²) in [6.07, 6.45) is 16.2. The number of benzene rings is 3. The van der Waals surface area contributed by atoms with Gasteiger partial charge in [0.15, 0.2) is 19.4 Å². The average molecular weight is 843 g/mol. The zero-order valence-corrected chi connectivity index (χ0v) is 38.5. The van der Waals surface area contributed by atoms with Crippen molar-refractivity contribution in [1.29, 1.82) is 15.8 Å². The molecule has 3 aromatic carbocycles. The minimum Gasteiger partial charge on any atom is -0.480 e. The molecule has 0 saturated carbocycles. The van der Waals surface area contributed by atoms with Gasteiger partial charge in [-0.05, 0) is 107 Å². The SMILES string of the molecule is CCCCCCc1ccc([Si]2(c3ccc(CCCCCC)cc3)c3cc(/C=C/C4=C(C#N)C(=C(C#N)C#N)OC4(C)C)sc3-c3sc(-c4ccc(N(C)C)cc4)cc32)cc1. The van der Waals surface area contributed by atoms with E-state index >= 15 is 0 Å². The van der Waals surface area contributed by atoms with Gasteiger partial charge in [0.2, 0.25) is 0 Å². The Morgan fingerprint density at radius 3 is 1.77 bits per heavy atom. The molecule has 60 heavy (non-hydrogen) atoms. The van der Waals surface area contributed by atoms with Gasteiger partial charge < -0.3 is 9.64 Å². The third kappa shape index (κ3) is 8.20. The highest BCUT2D eigenvalue weighted by Crippen LogP contribution is 2.44. The number of hydrogen-bond donors (Lipinski definition) is 0. The fourth-order valence-electron chi connectivity index (χ4n) is 8.78. The zero-order valence-electron chi connectivity index (χ0n) is 35.8. The van der Waals surface area contributed by atoms with Gasteiger partial charge in [0.25, 0.3) is 0 Å². The molecule has 0 aliphatic carbocycles. The number of ether oxygens (including phenoxy) is 1. The van der Waals surface area contributed by atoms with Gasteiger partial charge in [-0.15, -0.1) is 22.7 Å². The molecule has 2 aromatic heterocycles. The van der Waals surface area contributed by atoms with E-state index in [2.05, 4.69) is 130 Å². The van der Waals surface area contributed by atoms with E-state index in [1.54, 1.807) is 11.3 Å². The van der Waals surface area contributed by atoms with Crippen LogP contribution in [0.1, 0.15) is 95.1 Å². The second-order valence-corrected chi connectivity index (χ2v) is 22.6. The molecule has 4 heterocycles. The maximum atomic E-state index is 10.3. The molecule has 304 valence electrons. The van der Waals surface area contributed by atoms with Crippen molar-refractivity contribution in [3.8, 4) is 38.4 Å². The van der Waals surface area contributed by atoms with Crippen LogP contribution in [0.3, 0.4) is 0 Å². The van der Waals surface area contributed by atoms with E-state index in [-0.39, 0.29) is 16.9 Å². The van der Waals surface area contributed by atoms with Crippen molar-refractivity contribution in [3.63, 3.8) is 0 Å². The number of nitriles is 3. The van der Waals surface area contributed by atoms with Gasteiger partial charge in [-0.25, -0.2) is 0 Å². The molecule has 2 aliphatic heterocycles. The summed E-state index contributed by atoms with van der Waals surface area (Å²) in [5.74, 6) is 0.0595. The smallest absolute Gasteiger partial charge is 0.182 e. The summed E-state index contributed by atoms with van der Waals surface area (Å²) >= 11 is 3.70. The standard InChI is InChI=1S/C52H54N4OS2Si/c1-7-9-11-13-15-36-17-26-42(27-18-36)60(43-28-19-37(20-29-43)16-14-12-10-8-2)47-31-41(25-30-45-44(35-55)49(39(33-53)34-54)57-52(45,3)4)58-50(47)51-48(60)32-46(59-51)38-21-23-40(24-22-38)56(5)6/h17-32H,7-16H2,1-6H3/b30-25+. The molecule has 0 bridgehead atoms. The first-order valence-corrected chi connectivity index (χ1v) is 25.0. The van der Waals surface area contributed by atoms with Crippen molar-refractivity contribution in [2.75, 3.05) is 19.0 Å². The summed E-state index contributed by atoms with van der Waals surface area (Å²) in [6.45, 7) is 8.29. The van der Waals surface area contributed by atoms with Crippen LogP contribution in [0.15, 0.2) is 113 Å². The molecular formula is C52H54N4OS2Si. The summed E-state index contributed by atoms with van der Waals surface area (Å²) in [6, 6.07) is 39.2. The number of rotatable bonds is 16. The Morgan fingerprint density at radius 2 is 1.25 bits per heavy atom. The number of aryl methyl sites for hydroxylation is 2. The molecule has 0 radical (unpaired) electrons. The number of hydrogen-bond acceptors (Lipinski definition) is 7. The zero-order chi connectivity index (χ0) is 42.4. The first-order valence-electron chi connectivity index (χ1n) is 21.4. The van der Waals surface area contributed by atoms with Crippen LogP contribution in [0.2, 0.25) is 0 Å². The van der Waals surface area contributed by atoms with E-state index in [4.69, 9.17) is 4.74 Å². The third-order valence-corrected chi connectivity index (χ3v) is 19.7. The molecule has 0 fully saturated rings. The van der Waals surface area contributed by atoms with Gasteiger partial charge in [0.1, 0.15) is 29.4 Å². The van der Waals surface area contributed by atoms with E-state index in [9.17, 15) is 15.8 Å². The molecule has 0 atom stereocenters. The summed E-state index contributed by atoms with van der Waals surface area (Å²) in [4.78, 5) is 7.17. The maximum Gasteiger partial charge on any atom is 0.182 e. The predicted molar refractivity (Wildman–Crippen MR) is 255 cm³/mol. The molecule has 0 unspecified atom stereocenters. The van der Waals surface area contributed by atoms with Gasteiger partial charge >= 0.3 is 0 Å². The molecule has 0 spiro atoms. The largest absolute Gasteiger partial charge is 0.480 e. The Labute approximate surface area is 366 Å². The highest BCUT2D eigenvalue weighted by molar-refractivity contribution is 7.35. The van der Waals surface area contributed by atoms with Crippen LogP contribution >= 0.6 is 22.7 Å². The molecule has 2 aliphatic rings. The maximum absolute atomic E-state index is 10.3. The number of nitrogens with zero attached hydrogens (tertiary/aromatic N) is 4. The average Bonchev–Trinajstić information content (AvgIpc) is 4.00. The van der Waals surface area contributed by atoms with Crippen molar-refractivity contribution >= 4 is 63.3 Å². The quantitative estimate of drug-likeness (QED) is 0.0550. The first kappa shape index (κ1) is 42.7. The van der Waals surface area contributed by atoms with Crippen LogP contribution in [-0.4, -0.2) is 27.8 Å². The van der Waals surface area contributed by atoms with Crippen molar-refractivity contribution in [3.05, 3.63) is 129 Å². The fourth-order valence-corrected chi connectivity index (χ4v) is 17.5. The van der Waals surface area contributed by atoms with Crippen LogP contribution in [0.25, 0.3) is 26.3 Å².